The number of nitrogens with two attached hydrogens (primary N) is 1. The van der Waals surface area contributed by atoms with Crippen molar-refractivity contribution in [2.45, 2.75) is 12.7 Å². The minimum atomic E-state index is -4.46. The summed E-state index contributed by atoms with van der Waals surface area (Å²) in [4.78, 5) is 1.55. The van der Waals surface area contributed by atoms with Crippen LogP contribution < -0.4 is 10.6 Å². The monoisotopic (exact) mass is 288 g/mol. The molecule has 0 bridgehead atoms. The minimum absolute atomic E-state index is 0.182. The predicted molar refractivity (Wildman–Crippen MR) is 67.3 cm³/mol. The molecule has 0 spiro atoms. The number of hydrogen-bond donors (Lipinski definition) is 1. The van der Waals surface area contributed by atoms with Crippen LogP contribution in [0.3, 0.4) is 0 Å². The molecule has 0 saturated carbocycles. The van der Waals surface area contributed by atoms with Crippen LogP contribution in [-0.2, 0) is 12.7 Å². The van der Waals surface area contributed by atoms with E-state index in [-0.39, 0.29) is 5.13 Å². The quantitative estimate of drug-likeness (QED) is 0.943. The van der Waals surface area contributed by atoms with Crippen LogP contribution in [0.2, 0.25) is 0 Å². The number of nitrogens with zero attached hydrogens (tertiary/aromatic N) is 3. The number of hydrogen-bond acceptors (Lipinski definition) is 5. The first-order valence-electron chi connectivity index (χ1n) is 5.35. The molecule has 8 heteroatoms. The summed E-state index contributed by atoms with van der Waals surface area (Å²) in [7, 11) is 1.64. The lowest BCUT2D eigenvalue weighted by Gasteiger charge is -2.15. The maximum Gasteiger partial charge on any atom is 0.445 e. The van der Waals surface area contributed by atoms with Crippen LogP contribution >= 0.6 is 11.3 Å². The van der Waals surface area contributed by atoms with Gasteiger partial charge in [-0.15, -0.1) is 10.2 Å². The van der Waals surface area contributed by atoms with Crippen molar-refractivity contribution in [3.05, 3.63) is 34.8 Å². The molecule has 0 aliphatic heterocycles. The second kappa shape index (κ2) is 5.14. The van der Waals surface area contributed by atoms with Crippen molar-refractivity contribution >= 4 is 22.2 Å². The van der Waals surface area contributed by atoms with E-state index in [9.17, 15) is 13.2 Å². The van der Waals surface area contributed by atoms with Gasteiger partial charge in [0, 0.05) is 19.3 Å². The Balaban J connectivity index is 2.28. The molecule has 102 valence electrons. The first kappa shape index (κ1) is 13.8. The van der Waals surface area contributed by atoms with Gasteiger partial charge in [0.15, 0.2) is 0 Å². The Morgan fingerprint density at radius 3 is 2.63 bits per heavy atom. The third-order valence-electron chi connectivity index (χ3n) is 2.48. The van der Waals surface area contributed by atoms with E-state index in [1.54, 1.807) is 30.1 Å². The van der Waals surface area contributed by atoms with Crippen LogP contribution in [0.4, 0.5) is 24.0 Å². The van der Waals surface area contributed by atoms with E-state index in [1.807, 2.05) is 6.07 Å². The number of rotatable bonds is 3. The lowest BCUT2D eigenvalue weighted by Crippen LogP contribution is -2.09. The number of benzene rings is 1. The van der Waals surface area contributed by atoms with Crippen molar-refractivity contribution in [1.29, 1.82) is 0 Å². The lowest BCUT2D eigenvalue weighted by atomic mass is 10.2. The summed E-state index contributed by atoms with van der Waals surface area (Å²) < 4.78 is 37.4. The largest absolute Gasteiger partial charge is 0.445 e. The molecule has 1 heterocycles. The van der Waals surface area contributed by atoms with Gasteiger partial charge in [0.05, 0.1) is 0 Å². The van der Waals surface area contributed by atoms with Crippen LogP contribution in [0.15, 0.2) is 24.3 Å². The molecule has 0 fully saturated rings. The number of alkyl halides is 3. The molecule has 0 aliphatic rings. The van der Waals surface area contributed by atoms with Gasteiger partial charge < -0.3 is 10.6 Å². The highest BCUT2D eigenvalue weighted by Gasteiger charge is 2.36. The molecule has 0 aliphatic carbocycles. The highest BCUT2D eigenvalue weighted by Crippen LogP contribution is 2.35. The van der Waals surface area contributed by atoms with E-state index in [0.717, 1.165) is 5.56 Å². The predicted octanol–water partition coefficient (Wildman–Crippen LogP) is 2.78. The molecule has 0 atom stereocenters. The SMILES string of the molecule is CN(c1cccc(CN)c1)c1nnc(C(F)(F)F)s1. The standard InChI is InChI=1S/C11H11F3N4S/c1-18(8-4-2-3-7(5-8)6-15)10-17-16-9(19-10)11(12,13)14/h2-5H,6,15H2,1H3. The molecule has 19 heavy (non-hydrogen) atoms. The molecule has 0 radical (unpaired) electrons. The zero-order chi connectivity index (χ0) is 14.0. The van der Waals surface area contributed by atoms with E-state index in [1.165, 1.54) is 0 Å². The van der Waals surface area contributed by atoms with E-state index in [0.29, 0.717) is 23.6 Å². The Morgan fingerprint density at radius 1 is 1.32 bits per heavy atom. The molecule has 4 nitrogen and oxygen atoms in total. The summed E-state index contributed by atoms with van der Waals surface area (Å²) in [6.45, 7) is 0.367. The van der Waals surface area contributed by atoms with E-state index in [4.69, 9.17) is 5.73 Å². The second-order valence-corrected chi connectivity index (χ2v) is 4.78. The summed E-state index contributed by atoms with van der Waals surface area (Å²) in [5.74, 6) is 0. The molecule has 2 rings (SSSR count). The third kappa shape index (κ3) is 3.02. The van der Waals surface area contributed by atoms with Crippen molar-refractivity contribution in [3.63, 3.8) is 0 Å². The van der Waals surface area contributed by atoms with Gasteiger partial charge >= 0.3 is 6.18 Å². The van der Waals surface area contributed by atoms with Gasteiger partial charge in [-0.25, -0.2) is 0 Å². The van der Waals surface area contributed by atoms with Crippen molar-refractivity contribution in [1.82, 2.24) is 10.2 Å². The zero-order valence-corrected chi connectivity index (χ0v) is 10.8. The first-order chi connectivity index (χ1) is 8.91. The van der Waals surface area contributed by atoms with Gasteiger partial charge in [-0.2, -0.15) is 13.2 Å². The normalized spacial score (nSPS) is 11.6. The third-order valence-corrected chi connectivity index (χ3v) is 3.52. The van der Waals surface area contributed by atoms with Crippen molar-refractivity contribution < 1.29 is 13.2 Å². The molecular formula is C11H11F3N4S. The highest BCUT2D eigenvalue weighted by molar-refractivity contribution is 7.15. The molecule has 0 saturated heterocycles. The van der Waals surface area contributed by atoms with Gasteiger partial charge in [-0.1, -0.05) is 23.5 Å². The van der Waals surface area contributed by atoms with E-state index in [2.05, 4.69) is 10.2 Å². The molecule has 1 aromatic carbocycles. The molecule has 0 unspecified atom stereocenters. The molecule has 2 N–H and O–H groups in total. The van der Waals surface area contributed by atoms with Gasteiger partial charge in [-0.3, -0.25) is 0 Å². The molecular weight excluding hydrogens is 277 g/mol. The van der Waals surface area contributed by atoms with Crippen molar-refractivity contribution in [2.75, 3.05) is 11.9 Å². The molecule has 2 aromatic rings. The van der Waals surface area contributed by atoms with Gasteiger partial charge in [-0.05, 0) is 17.7 Å². The maximum atomic E-state index is 12.5. The Morgan fingerprint density at radius 2 is 2.05 bits per heavy atom. The Bertz CT molecular complexity index is 567. The Labute approximate surface area is 111 Å². The van der Waals surface area contributed by atoms with Crippen molar-refractivity contribution in [3.8, 4) is 0 Å². The van der Waals surface area contributed by atoms with E-state index < -0.39 is 11.2 Å². The maximum absolute atomic E-state index is 12.5. The van der Waals surface area contributed by atoms with Gasteiger partial charge in [0.25, 0.3) is 0 Å². The number of aromatic nitrogens is 2. The summed E-state index contributed by atoms with van der Waals surface area (Å²) in [6, 6.07) is 7.21. The average Bonchev–Trinajstić information content (AvgIpc) is 2.87. The van der Waals surface area contributed by atoms with Crippen molar-refractivity contribution in [2.24, 2.45) is 5.73 Å². The minimum Gasteiger partial charge on any atom is -0.326 e. The fraction of sp³-hybridized carbons (Fsp3) is 0.273. The van der Waals surface area contributed by atoms with Crippen LogP contribution in [0, 0.1) is 0 Å². The number of halogens is 3. The zero-order valence-electron chi connectivity index (χ0n) is 9.98. The average molecular weight is 288 g/mol. The smallest absolute Gasteiger partial charge is 0.326 e. The Hall–Kier alpha value is -1.67. The number of anilines is 2. The first-order valence-corrected chi connectivity index (χ1v) is 6.17. The summed E-state index contributed by atoms with van der Waals surface area (Å²) in [5.41, 5.74) is 7.14. The molecule has 1 aromatic heterocycles. The topological polar surface area (TPSA) is 55.0 Å². The van der Waals surface area contributed by atoms with Gasteiger partial charge in [0.2, 0.25) is 10.1 Å². The summed E-state index contributed by atoms with van der Waals surface area (Å²) in [6.07, 6.45) is -4.46. The fourth-order valence-corrected chi connectivity index (χ4v) is 2.16. The van der Waals surface area contributed by atoms with Crippen LogP contribution in [0.5, 0.6) is 0 Å². The second-order valence-electron chi connectivity index (χ2n) is 3.82. The van der Waals surface area contributed by atoms with Crippen LogP contribution in [0.1, 0.15) is 10.6 Å². The summed E-state index contributed by atoms with van der Waals surface area (Å²) >= 11 is 0.504. The molecule has 0 amide bonds. The van der Waals surface area contributed by atoms with E-state index >= 15 is 0 Å². The fourth-order valence-electron chi connectivity index (χ4n) is 1.47. The van der Waals surface area contributed by atoms with Crippen LogP contribution in [-0.4, -0.2) is 17.2 Å². The lowest BCUT2D eigenvalue weighted by molar-refractivity contribution is -0.138. The Kier molecular flexibility index (Phi) is 3.72. The van der Waals surface area contributed by atoms with Crippen LogP contribution in [0.25, 0.3) is 0 Å². The van der Waals surface area contributed by atoms with Gasteiger partial charge in [0.1, 0.15) is 0 Å². The highest BCUT2D eigenvalue weighted by atomic mass is 32.1. The summed E-state index contributed by atoms with van der Waals surface area (Å²) in [5, 5.41) is 5.94.